The standard InChI is InChI=1S/C26H19F3N4O5/c1-37-15-8-5-9-16-20(15)31-23(38-16)18-19(13-10-14(11-13)25(35)36)30-22-17(12-6-3-2-4-7-12)21(26(27,28)29)32-33(22)24(18)34/h2-9,13-14,30H,10-11H2,1H3,(H,35,36). The first-order chi connectivity index (χ1) is 18.2. The fourth-order valence-corrected chi connectivity index (χ4v) is 4.93. The molecule has 12 heteroatoms. The van der Waals surface area contributed by atoms with Crippen molar-refractivity contribution in [2.24, 2.45) is 5.92 Å². The van der Waals surface area contributed by atoms with E-state index in [1.165, 1.54) is 19.2 Å². The lowest BCUT2D eigenvalue weighted by atomic mass is 9.72. The van der Waals surface area contributed by atoms with Gasteiger partial charge in [0.15, 0.2) is 16.8 Å². The number of nitrogens with one attached hydrogen (secondary N) is 1. The number of H-pyrrole nitrogens is 1. The van der Waals surface area contributed by atoms with Gasteiger partial charge >= 0.3 is 12.1 Å². The van der Waals surface area contributed by atoms with Gasteiger partial charge in [0.1, 0.15) is 17.0 Å². The van der Waals surface area contributed by atoms with Gasteiger partial charge in [-0.2, -0.15) is 22.8 Å². The number of nitrogens with zero attached hydrogens (tertiary/aromatic N) is 3. The van der Waals surface area contributed by atoms with Crippen molar-refractivity contribution in [3.05, 3.63) is 70.3 Å². The van der Waals surface area contributed by atoms with Crippen LogP contribution in [0.1, 0.15) is 30.1 Å². The second-order valence-corrected chi connectivity index (χ2v) is 9.10. The summed E-state index contributed by atoms with van der Waals surface area (Å²) in [6, 6.07) is 12.8. The molecule has 194 valence electrons. The summed E-state index contributed by atoms with van der Waals surface area (Å²) in [6.07, 6.45) is -4.47. The summed E-state index contributed by atoms with van der Waals surface area (Å²) in [6.45, 7) is 0. The minimum atomic E-state index is -4.85. The first kappa shape index (κ1) is 23.8. The number of aromatic nitrogens is 4. The summed E-state index contributed by atoms with van der Waals surface area (Å²) in [5.41, 5.74) is -1.54. The average molecular weight is 524 g/mol. The van der Waals surface area contributed by atoms with Crippen LogP contribution in [0.25, 0.3) is 39.3 Å². The topological polar surface area (TPSA) is 123 Å². The number of halogens is 3. The van der Waals surface area contributed by atoms with E-state index in [9.17, 15) is 27.9 Å². The predicted molar refractivity (Wildman–Crippen MR) is 129 cm³/mol. The van der Waals surface area contributed by atoms with Crippen LogP contribution >= 0.6 is 0 Å². The van der Waals surface area contributed by atoms with Gasteiger partial charge in [0, 0.05) is 11.6 Å². The van der Waals surface area contributed by atoms with Crippen molar-refractivity contribution in [2.45, 2.75) is 24.9 Å². The summed E-state index contributed by atoms with van der Waals surface area (Å²) in [4.78, 5) is 32.7. The van der Waals surface area contributed by atoms with Crippen molar-refractivity contribution in [1.82, 2.24) is 19.6 Å². The second-order valence-electron chi connectivity index (χ2n) is 9.10. The number of carbonyl (C=O) groups is 1. The number of benzene rings is 2. The third-order valence-corrected chi connectivity index (χ3v) is 6.86. The molecular formula is C26H19F3N4O5. The Labute approximate surface area is 211 Å². The fraction of sp³-hybridized carbons (Fsp3) is 0.231. The molecular weight excluding hydrogens is 505 g/mol. The summed E-state index contributed by atoms with van der Waals surface area (Å²) < 4.78 is 54.2. The highest BCUT2D eigenvalue weighted by Crippen LogP contribution is 2.45. The third kappa shape index (κ3) is 3.63. The molecule has 2 N–H and O–H groups in total. The molecule has 3 aromatic heterocycles. The van der Waals surface area contributed by atoms with Crippen LogP contribution < -0.4 is 10.3 Å². The van der Waals surface area contributed by atoms with E-state index in [0.717, 1.165) is 0 Å². The number of carboxylic acids is 1. The Hall–Kier alpha value is -4.61. The Morgan fingerprint density at radius 3 is 2.53 bits per heavy atom. The van der Waals surface area contributed by atoms with Crippen molar-refractivity contribution in [3.8, 4) is 28.3 Å². The van der Waals surface area contributed by atoms with E-state index in [-0.39, 0.29) is 46.8 Å². The lowest BCUT2D eigenvalue weighted by Gasteiger charge is -2.33. The largest absolute Gasteiger partial charge is 0.494 e. The molecule has 5 aromatic rings. The maximum Gasteiger partial charge on any atom is 0.435 e. The van der Waals surface area contributed by atoms with Crippen molar-refractivity contribution >= 4 is 22.7 Å². The molecule has 1 saturated carbocycles. The van der Waals surface area contributed by atoms with Gasteiger partial charge in [-0.05, 0) is 30.5 Å². The number of oxazole rings is 1. The third-order valence-electron chi connectivity index (χ3n) is 6.86. The van der Waals surface area contributed by atoms with Crippen LogP contribution in [0.15, 0.2) is 57.7 Å². The quantitative estimate of drug-likeness (QED) is 0.328. The van der Waals surface area contributed by atoms with Crippen LogP contribution in [0.4, 0.5) is 13.2 Å². The first-order valence-corrected chi connectivity index (χ1v) is 11.7. The van der Waals surface area contributed by atoms with Gasteiger partial charge in [-0.25, -0.2) is 4.98 Å². The Morgan fingerprint density at radius 1 is 1.13 bits per heavy atom. The number of rotatable bonds is 5. The van der Waals surface area contributed by atoms with E-state index in [0.29, 0.717) is 21.4 Å². The molecule has 0 spiro atoms. The van der Waals surface area contributed by atoms with Gasteiger partial charge in [-0.3, -0.25) is 9.59 Å². The number of methoxy groups -OCH3 is 1. The van der Waals surface area contributed by atoms with E-state index < -0.39 is 35.2 Å². The number of para-hydroxylation sites is 1. The average Bonchev–Trinajstić information content (AvgIpc) is 3.45. The van der Waals surface area contributed by atoms with Gasteiger partial charge < -0.3 is 19.2 Å². The highest BCUT2D eigenvalue weighted by Gasteiger charge is 2.42. The number of hydrogen-bond acceptors (Lipinski definition) is 6. The molecule has 0 aliphatic heterocycles. The molecule has 0 radical (unpaired) electrons. The van der Waals surface area contributed by atoms with Crippen molar-refractivity contribution in [2.75, 3.05) is 7.11 Å². The number of carboxylic acid groups (broad SMARTS) is 1. The molecule has 9 nitrogen and oxygen atoms in total. The molecule has 1 aliphatic rings. The molecule has 0 bridgehead atoms. The molecule has 3 heterocycles. The molecule has 0 saturated heterocycles. The van der Waals surface area contributed by atoms with Gasteiger partial charge in [0.05, 0.1) is 18.6 Å². The minimum Gasteiger partial charge on any atom is -0.494 e. The second kappa shape index (κ2) is 8.47. The van der Waals surface area contributed by atoms with E-state index in [4.69, 9.17) is 9.15 Å². The van der Waals surface area contributed by atoms with Gasteiger partial charge in [-0.1, -0.05) is 36.4 Å². The number of aromatic amines is 1. The predicted octanol–water partition coefficient (Wildman–Crippen LogP) is 5.10. The summed E-state index contributed by atoms with van der Waals surface area (Å²) in [5, 5.41) is 13.1. The van der Waals surface area contributed by atoms with Crippen LogP contribution in [-0.4, -0.2) is 37.8 Å². The lowest BCUT2D eigenvalue weighted by Crippen LogP contribution is -2.32. The molecule has 38 heavy (non-hydrogen) atoms. The van der Waals surface area contributed by atoms with Crippen LogP contribution in [0.2, 0.25) is 0 Å². The zero-order valence-electron chi connectivity index (χ0n) is 19.7. The summed E-state index contributed by atoms with van der Waals surface area (Å²) in [5.74, 6) is -1.82. The molecule has 0 atom stereocenters. The van der Waals surface area contributed by atoms with Gasteiger partial charge in [0.25, 0.3) is 5.56 Å². The monoisotopic (exact) mass is 524 g/mol. The van der Waals surface area contributed by atoms with Crippen molar-refractivity contribution in [3.63, 3.8) is 0 Å². The normalized spacial score (nSPS) is 17.6. The molecule has 1 fully saturated rings. The van der Waals surface area contributed by atoms with E-state index in [1.807, 2.05) is 0 Å². The van der Waals surface area contributed by atoms with Crippen LogP contribution in [0, 0.1) is 5.92 Å². The Bertz CT molecular complexity index is 1770. The van der Waals surface area contributed by atoms with E-state index >= 15 is 0 Å². The molecule has 0 amide bonds. The highest BCUT2D eigenvalue weighted by atomic mass is 19.4. The number of fused-ring (bicyclic) bond motifs is 2. The smallest absolute Gasteiger partial charge is 0.435 e. The zero-order chi connectivity index (χ0) is 26.8. The zero-order valence-corrected chi connectivity index (χ0v) is 19.7. The minimum absolute atomic E-state index is 0.111. The van der Waals surface area contributed by atoms with Crippen molar-refractivity contribution in [1.29, 1.82) is 0 Å². The molecule has 2 aromatic carbocycles. The maximum absolute atomic E-state index is 14.1. The number of hydrogen-bond donors (Lipinski definition) is 2. The van der Waals surface area contributed by atoms with Crippen LogP contribution in [0.3, 0.4) is 0 Å². The highest BCUT2D eigenvalue weighted by molar-refractivity contribution is 5.84. The van der Waals surface area contributed by atoms with Gasteiger partial charge in [-0.15, -0.1) is 0 Å². The number of aliphatic carboxylic acids is 1. The Morgan fingerprint density at radius 2 is 1.87 bits per heavy atom. The Kier molecular flexibility index (Phi) is 5.30. The lowest BCUT2D eigenvalue weighted by molar-refractivity contribution is -0.145. The summed E-state index contributed by atoms with van der Waals surface area (Å²) in [7, 11) is 1.45. The number of alkyl halides is 3. The Balaban J connectivity index is 1.66. The number of ether oxygens (including phenoxy) is 1. The fourth-order valence-electron chi connectivity index (χ4n) is 4.93. The molecule has 6 rings (SSSR count). The van der Waals surface area contributed by atoms with Crippen LogP contribution in [0.5, 0.6) is 5.75 Å². The van der Waals surface area contributed by atoms with E-state index in [2.05, 4.69) is 15.1 Å². The maximum atomic E-state index is 14.1. The van der Waals surface area contributed by atoms with Gasteiger partial charge in [0.2, 0.25) is 5.89 Å². The summed E-state index contributed by atoms with van der Waals surface area (Å²) >= 11 is 0. The molecule has 1 aliphatic carbocycles. The van der Waals surface area contributed by atoms with E-state index in [1.54, 1.807) is 36.4 Å². The SMILES string of the molecule is COc1cccc2oc(-c3c(C4CC(C(=O)O)C4)[nH]c4c(-c5ccccc5)c(C(F)(F)F)nn4c3=O)nc12. The first-order valence-electron chi connectivity index (χ1n) is 11.7. The molecule has 0 unspecified atom stereocenters. The van der Waals surface area contributed by atoms with Crippen LogP contribution in [-0.2, 0) is 11.0 Å². The van der Waals surface area contributed by atoms with Crippen molar-refractivity contribution < 1.29 is 32.2 Å².